The minimum Gasteiger partial charge on any atom is -0.453 e. The Morgan fingerprint density at radius 3 is 3.00 bits per heavy atom. The van der Waals surface area contributed by atoms with Crippen molar-refractivity contribution in [1.29, 1.82) is 0 Å². The van der Waals surface area contributed by atoms with Crippen LogP contribution in [0.2, 0.25) is 0 Å². The van der Waals surface area contributed by atoms with Gasteiger partial charge in [-0.3, -0.25) is 10.1 Å². The van der Waals surface area contributed by atoms with E-state index in [-0.39, 0.29) is 5.97 Å². The van der Waals surface area contributed by atoms with E-state index >= 15 is 0 Å². The van der Waals surface area contributed by atoms with Crippen molar-refractivity contribution in [3.63, 3.8) is 0 Å². The molecule has 5 nitrogen and oxygen atoms in total. The lowest BCUT2D eigenvalue weighted by Gasteiger charge is -2.09. The smallest absolute Gasteiger partial charge is 0.409 e. The van der Waals surface area contributed by atoms with E-state index in [1.54, 1.807) is 0 Å². The third kappa shape index (κ3) is 2.10. The van der Waals surface area contributed by atoms with Crippen LogP contribution in [0.4, 0.5) is 4.79 Å². The van der Waals surface area contributed by atoms with E-state index in [2.05, 4.69) is 14.8 Å². The molecule has 1 rings (SSSR count). The zero-order chi connectivity index (χ0) is 8.27. The third-order valence-corrected chi connectivity index (χ3v) is 1.35. The Kier molecular flexibility index (Phi) is 2.30. The highest BCUT2D eigenvalue weighted by Crippen LogP contribution is 2.10. The molecule has 1 fully saturated rings. The summed E-state index contributed by atoms with van der Waals surface area (Å²) >= 11 is 0. The summed E-state index contributed by atoms with van der Waals surface area (Å²) in [5, 5.41) is 2.35. The minimum atomic E-state index is -0.579. The van der Waals surface area contributed by atoms with Crippen molar-refractivity contribution in [2.75, 3.05) is 7.11 Å². The summed E-state index contributed by atoms with van der Waals surface area (Å²) in [5.41, 5.74) is 0. The average molecular weight is 159 g/mol. The molecule has 0 spiro atoms. The van der Waals surface area contributed by atoms with Crippen LogP contribution in [-0.2, 0) is 14.3 Å². The fraction of sp³-hybridized carbons (Fsp3) is 0.667. The standard InChI is InChI=1S/C6H9NO4/c1-10-6(9)7-4-2-3-5(8)11-4/h4H,2-3H2,1H3,(H,7,9)/t4-/m0/s1. The lowest BCUT2D eigenvalue weighted by molar-refractivity contribution is -0.142. The number of nitrogens with one attached hydrogen (secondary N) is 1. The van der Waals surface area contributed by atoms with E-state index < -0.39 is 12.3 Å². The molecule has 1 heterocycles. The van der Waals surface area contributed by atoms with E-state index in [1.807, 2.05) is 0 Å². The Morgan fingerprint density at radius 1 is 1.82 bits per heavy atom. The predicted molar refractivity (Wildman–Crippen MR) is 34.7 cm³/mol. The van der Waals surface area contributed by atoms with Crippen molar-refractivity contribution in [3.05, 3.63) is 0 Å². The SMILES string of the molecule is COC(=O)N[C@@H]1CCC(=O)O1. The second-order valence-electron chi connectivity index (χ2n) is 2.15. The molecule has 0 aromatic carbocycles. The number of amides is 1. The number of rotatable bonds is 1. The Labute approximate surface area is 63.7 Å². The zero-order valence-corrected chi connectivity index (χ0v) is 6.12. The molecule has 0 bridgehead atoms. The molecule has 5 heteroatoms. The first-order valence-electron chi connectivity index (χ1n) is 3.26. The highest BCUT2D eigenvalue weighted by Gasteiger charge is 2.24. The molecule has 11 heavy (non-hydrogen) atoms. The van der Waals surface area contributed by atoms with Gasteiger partial charge >= 0.3 is 12.1 Å². The van der Waals surface area contributed by atoms with Crippen LogP contribution in [0, 0.1) is 0 Å². The molecule has 1 N–H and O–H groups in total. The largest absolute Gasteiger partial charge is 0.453 e. The molecule has 0 aromatic heterocycles. The Bertz CT molecular complexity index is 179. The fourth-order valence-corrected chi connectivity index (χ4v) is 0.817. The van der Waals surface area contributed by atoms with Crippen LogP contribution >= 0.6 is 0 Å². The maximum atomic E-state index is 10.5. The molecular formula is C6H9NO4. The van der Waals surface area contributed by atoms with Crippen LogP contribution in [0.25, 0.3) is 0 Å². The Hall–Kier alpha value is -1.26. The molecule has 0 aliphatic carbocycles. The van der Waals surface area contributed by atoms with Gasteiger partial charge in [0.05, 0.1) is 13.5 Å². The summed E-state index contributed by atoms with van der Waals surface area (Å²) in [6, 6.07) is 0. The van der Waals surface area contributed by atoms with Crippen LogP contribution in [0.1, 0.15) is 12.8 Å². The first-order chi connectivity index (χ1) is 5.22. The van der Waals surface area contributed by atoms with Gasteiger partial charge in [0.1, 0.15) is 0 Å². The molecule has 0 unspecified atom stereocenters. The number of ether oxygens (including phenoxy) is 2. The predicted octanol–water partition coefficient (Wildman–Crippen LogP) is 0.00550. The van der Waals surface area contributed by atoms with Gasteiger partial charge in [-0.2, -0.15) is 0 Å². The van der Waals surface area contributed by atoms with Crippen molar-refractivity contribution in [1.82, 2.24) is 5.32 Å². The van der Waals surface area contributed by atoms with Gasteiger partial charge in [-0.25, -0.2) is 4.79 Å². The van der Waals surface area contributed by atoms with Crippen molar-refractivity contribution in [3.8, 4) is 0 Å². The number of hydrogen-bond donors (Lipinski definition) is 1. The maximum Gasteiger partial charge on any atom is 0.409 e. The number of hydrogen-bond acceptors (Lipinski definition) is 4. The second kappa shape index (κ2) is 3.23. The minimum absolute atomic E-state index is 0.286. The monoisotopic (exact) mass is 159 g/mol. The molecule has 0 radical (unpaired) electrons. The normalized spacial score (nSPS) is 22.6. The summed E-state index contributed by atoms with van der Waals surface area (Å²) in [6.45, 7) is 0. The van der Waals surface area contributed by atoms with Gasteiger partial charge in [-0.15, -0.1) is 0 Å². The molecule has 1 amide bonds. The molecule has 1 aliphatic heterocycles. The quantitative estimate of drug-likeness (QED) is 0.547. The maximum absolute atomic E-state index is 10.5. The summed E-state index contributed by atoms with van der Waals surface area (Å²) in [4.78, 5) is 21.1. The third-order valence-electron chi connectivity index (χ3n) is 1.35. The molecule has 1 aliphatic rings. The van der Waals surface area contributed by atoms with Crippen LogP contribution in [-0.4, -0.2) is 25.4 Å². The number of cyclic esters (lactones) is 1. The van der Waals surface area contributed by atoms with E-state index in [9.17, 15) is 9.59 Å². The summed E-state index contributed by atoms with van der Waals surface area (Å²) in [5.74, 6) is -0.286. The highest BCUT2D eigenvalue weighted by atomic mass is 16.6. The number of esters is 1. The molecule has 62 valence electrons. The number of carbonyl (C=O) groups excluding carboxylic acids is 2. The van der Waals surface area contributed by atoms with Gasteiger partial charge in [0.2, 0.25) is 0 Å². The lowest BCUT2D eigenvalue weighted by Crippen LogP contribution is -2.34. The van der Waals surface area contributed by atoms with Crippen molar-refractivity contribution in [2.45, 2.75) is 19.1 Å². The van der Waals surface area contributed by atoms with E-state index in [1.165, 1.54) is 7.11 Å². The number of methoxy groups -OCH3 is 1. The molecular weight excluding hydrogens is 150 g/mol. The Morgan fingerprint density at radius 2 is 2.55 bits per heavy atom. The molecule has 0 aromatic rings. The second-order valence-corrected chi connectivity index (χ2v) is 2.15. The first kappa shape index (κ1) is 7.84. The van der Waals surface area contributed by atoms with Crippen molar-refractivity contribution in [2.24, 2.45) is 0 Å². The molecule has 1 atom stereocenters. The van der Waals surface area contributed by atoms with Gasteiger partial charge in [-0.1, -0.05) is 0 Å². The Balaban J connectivity index is 2.28. The average Bonchev–Trinajstić information content (AvgIpc) is 2.35. The zero-order valence-electron chi connectivity index (χ0n) is 6.12. The van der Waals surface area contributed by atoms with Crippen molar-refractivity contribution >= 4 is 12.1 Å². The first-order valence-corrected chi connectivity index (χ1v) is 3.26. The number of alkyl carbamates (subject to hydrolysis) is 1. The summed E-state index contributed by atoms with van der Waals surface area (Å²) < 4.78 is 8.99. The lowest BCUT2D eigenvalue weighted by atomic mass is 10.3. The summed E-state index contributed by atoms with van der Waals surface area (Å²) in [6.07, 6.45) is -0.206. The topological polar surface area (TPSA) is 64.6 Å². The fourth-order valence-electron chi connectivity index (χ4n) is 0.817. The van der Waals surface area contributed by atoms with Gasteiger partial charge in [0, 0.05) is 6.42 Å². The van der Waals surface area contributed by atoms with E-state index in [0.29, 0.717) is 12.8 Å². The van der Waals surface area contributed by atoms with Gasteiger partial charge < -0.3 is 9.47 Å². The molecule has 1 saturated heterocycles. The van der Waals surface area contributed by atoms with Crippen molar-refractivity contribution < 1.29 is 19.1 Å². The summed E-state index contributed by atoms with van der Waals surface area (Å²) in [7, 11) is 1.26. The van der Waals surface area contributed by atoms with E-state index in [0.717, 1.165) is 0 Å². The molecule has 0 saturated carbocycles. The van der Waals surface area contributed by atoms with Crippen LogP contribution in [0.5, 0.6) is 0 Å². The van der Waals surface area contributed by atoms with E-state index in [4.69, 9.17) is 0 Å². The highest BCUT2D eigenvalue weighted by molar-refractivity contribution is 5.73. The van der Waals surface area contributed by atoms with Gasteiger partial charge in [0.25, 0.3) is 0 Å². The van der Waals surface area contributed by atoms with Crippen LogP contribution in [0.15, 0.2) is 0 Å². The van der Waals surface area contributed by atoms with Gasteiger partial charge in [0.15, 0.2) is 6.23 Å². The van der Waals surface area contributed by atoms with Crippen LogP contribution in [0.3, 0.4) is 0 Å². The van der Waals surface area contributed by atoms with Crippen LogP contribution < -0.4 is 5.32 Å². The number of carbonyl (C=O) groups is 2. The van der Waals surface area contributed by atoms with Gasteiger partial charge in [-0.05, 0) is 0 Å².